The summed E-state index contributed by atoms with van der Waals surface area (Å²) in [6, 6.07) is 21.6. The summed E-state index contributed by atoms with van der Waals surface area (Å²) in [5.74, 6) is 0.158. The van der Waals surface area contributed by atoms with Crippen molar-refractivity contribution in [3.05, 3.63) is 100 Å². The highest BCUT2D eigenvalue weighted by Crippen LogP contribution is 2.27. The minimum atomic E-state index is -3.64. The number of fused-ring (bicyclic) bond motifs is 1. The minimum absolute atomic E-state index is 0.127. The largest absolute Gasteiger partial charge is 0.492 e. The van der Waals surface area contributed by atoms with Crippen molar-refractivity contribution in [3.63, 3.8) is 0 Å². The smallest absolute Gasteiger partial charge is 0.251 e. The molecule has 0 bridgehead atoms. The second-order valence-corrected chi connectivity index (χ2v) is 9.90. The molecule has 8 heteroatoms. The Bertz CT molecular complexity index is 1220. The van der Waals surface area contributed by atoms with Gasteiger partial charge < -0.3 is 10.1 Å². The molecule has 1 aliphatic heterocycles. The van der Waals surface area contributed by atoms with Crippen LogP contribution in [0.3, 0.4) is 0 Å². The molecule has 0 atom stereocenters. The molecule has 3 aromatic carbocycles. The third kappa shape index (κ3) is 5.30. The third-order valence-corrected chi connectivity index (χ3v) is 7.40. The standard InChI is InChI=1S/C24H23ClN2O4S/c25-22-9-5-4-8-20(22)17-32(29,30)27-12-13-31-23-11-10-19(14-21(23)16-27)24(28)26-15-18-6-2-1-3-7-18/h1-11,14H,12-13,15-17H2,(H,26,28). The van der Waals surface area contributed by atoms with Crippen LogP contribution in [0.2, 0.25) is 5.02 Å². The zero-order chi connectivity index (χ0) is 22.6. The number of nitrogens with zero attached hydrogens (tertiary/aromatic N) is 1. The zero-order valence-corrected chi connectivity index (χ0v) is 18.9. The fourth-order valence-corrected chi connectivity index (χ4v) is 5.33. The number of amides is 1. The van der Waals surface area contributed by atoms with E-state index in [0.717, 1.165) is 5.56 Å². The van der Waals surface area contributed by atoms with Gasteiger partial charge in [-0.3, -0.25) is 4.79 Å². The second-order valence-electron chi connectivity index (χ2n) is 7.52. The monoisotopic (exact) mass is 470 g/mol. The summed E-state index contributed by atoms with van der Waals surface area (Å²) >= 11 is 6.16. The Morgan fingerprint density at radius 1 is 1.03 bits per heavy atom. The molecule has 0 unspecified atom stereocenters. The van der Waals surface area contributed by atoms with Gasteiger partial charge in [0.15, 0.2) is 0 Å². The average Bonchev–Trinajstić information content (AvgIpc) is 3.02. The molecule has 4 rings (SSSR count). The van der Waals surface area contributed by atoms with Gasteiger partial charge in [-0.15, -0.1) is 0 Å². The maximum Gasteiger partial charge on any atom is 0.251 e. The molecule has 0 radical (unpaired) electrons. The summed E-state index contributed by atoms with van der Waals surface area (Å²) in [6.07, 6.45) is 0. The van der Waals surface area contributed by atoms with Gasteiger partial charge in [-0.2, -0.15) is 4.31 Å². The molecule has 1 N–H and O–H groups in total. The van der Waals surface area contributed by atoms with Crippen LogP contribution in [-0.2, 0) is 28.9 Å². The number of halogens is 1. The summed E-state index contributed by atoms with van der Waals surface area (Å²) in [6.45, 7) is 0.985. The van der Waals surface area contributed by atoms with Gasteiger partial charge in [0.2, 0.25) is 10.0 Å². The molecule has 0 spiro atoms. The van der Waals surface area contributed by atoms with E-state index in [9.17, 15) is 13.2 Å². The summed E-state index contributed by atoms with van der Waals surface area (Å²) < 4.78 is 33.3. The van der Waals surface area contributed by atoms with Crippen LogP contribution in [0.25, 0.3) is 0 Å². The quantitative estimate of drug-likeness (QED) is 0.591. The van der Waals surface area contributed by atoms with Crippen LogP contribution in [-0.4, -0.2) is 31.8 Å². The van der Waals surface area contributed by atoms with E-state index in [0.29, 0.717) is 34.0 Å². The molecular weight excluding hydrogens is 448 g/mol. The highest BCUT2D eigenvalue weighted by molar-refractivity contribution is 7.88. The first kappa shape index (κ1) is 22.3. The van der Waals surface area contributed by atoms with Crippen LogP contribution in [0.1, 0.15) is 27.0 Å². The Kier molecular flexibility index (Phi) is 6.79. The van der Waals surface area contributed by atoms with Gasteiger partial charge in [0.05, 0.1) is 5.75 Å². The molecule has 0 aromatic heterocycles. The molecule has 6 nitrogen and oxygen atoms in total. The first-order valence-electron chi connectivity index (χ1n) is 10.2. The van der Waals surface area contributed by atoms with Crippen molar-refractivity contribution in [1.29, 1.82) is 0 Å². The van der Waals surface area contributed by atoms with Crippen molar-refractivity contribution >= 4 is 27.5 Å². The molecule has 0 aliphatic carbocycles. The SMILES string of the molecule is O=C(NCc1ccccc1)c1ccc2c(c1)CN(S(=O)(=O)Cc1ccccc1Cl)CCO2. The first-order chi connectivity index (χ1) is 15.4. The summed E-state index contributed by atoms with van der Waals surface area (Å²) in [5.41, 5.74) is 2.65. The molecule has 0 saturated heterocycles. The number of hydrogen-bond acceptors (Lipinski definition) is 4. The van der Waals surface area contributed by atoms with Gasteiger partial charge in [-0.25, -0.2) is 8.42 Å². The predicted molar refractivity (Wildman–Crippen MR) is 124 cm³/mol. The Morgan fingerprint density at radius 2 is 1.78 bits per heavy atom. The van der Waals surface area contributed by atoms with Crippen molar-refractivity contribution in [2.45, 2.75) is 18.8 Å². The number of benzene rings is 3. The molecule has 0 saturated carbocycles. The number of nitrogens with one attached hydrogen (secondary N) is 1. The van der Waals surface area contributed by atoms with E-state index in [2.05, 4.69) is 5.32 Å². The van der Waals surface area contributed by atoms with E-state index < -0.39 is 10.0 Å². The topological polar surface area (TPSA) is 75.7 Å². The van der Waals surface area contributed by atoms with Crippen molar-refractivity contribution in [3.8, 4) is 5.75 Å². The van der Waals surface area contributed by atoms with E-state index in [1.807, 2.05) is 30.3 Å². The minimum Gasteiger partial charge on any atom is -0.492 e. The van der Waals surface area contributed by atoms with Gasteiger partial charge in [0.1, 0.15) is 12.4 Å². The summed E-state index contributed by atoms with van der Waals surface area (Å²) in [4.78, 5) is 12.6. The Balaban J connectivity index is 1.50. The van der Waals surface area contributed by atoms with Crippen molar-refractivity contribution < 1.29 is 17.9 Å². The molecule has 1 aliphatic rings. The van der Waals surface area contributed by atoms with E-state index in [1.54, 1.807) is 42.5 Å². The van der Waals surface area contributed by atoms with Crippen LogP contribution >= 0.6 is 11.6 Å². The van der Waals surface area contributed by atoms with Gasteiger partial charge >= 0.3 is 0 Å². The van der Waals surface area contributed by atoms with Gasteiger partial charge in [-0.05, 0) is 35.4 Å². The third-order valence-electron chi connectivity index (χ3n) is 5.25. The van der Waals surface area contributed by atoms with Crippen LogP contribution < -0.4 is 10.1 Å². The van der Waals surface area contributed by atoms with Crippen LogP contribution in [0.5, 0.6) is 5.75 Å². The van der Waals surface area contributed by atoms with Crippen LogP contribution in [0.4, 0.5) is 0 Å². The molecule has 1 heterocycles. The molecule has 1 amide bonds. The average molecular weight is 471 g/mol. The number of carbonyl (C=O) groups excluding carboxylic acids is 1. The lowest BCUT2D eigenvalue weighted by Crippen LogP contribution is -2.33. The predicted octanol–water partition coefficient (Wildman–Crippen LogP) is 3.99. The Labute approximate surface area is 192 Å². The number of ether oxygens (including phenoxy) is 1. The van der Waals surface area contributed by atoms with Gasteiger partial charge in [0, 0.05) is 35.8 Å². The summed E-state index contributed by atoms with van der Waals surface area (Å²) in [5, 5.41) is 3.31. The van der Waals surface area contributed by atoms with E-state index in [4.69, 9.17) is 16.3 Å². The van der Waals surface area contributed by atoms with Crippen LogP contribution in [0.15, 0.2) is 72.8 Å². The maximum atomic E-state index is 13.1. The van der Waals surface area contributed by atoms with Crippen LogP contribution in [0, 0.1) is 0 Å². The highest BCUT2D eigenvalue weighted by Gasteiger charge is 2.27. The highest BCUT2D eigenvalue weighted by atomic mass is 35.5. The van der Waals surface area contributed by atoms with Crippen molar-refractivity contribution in [2.75, 3.05) is 13.2 Å². The molecule has 3 aromatic rings. The lowest BCUT2D eigenvalue weighted by Gasteiger charge is -2.20. The second kappa shape index (κ2) is 9.73. The molecule has 32 heavy (non-hydrogen) atoms. The van der Waals surface area contributed by atoms with Gasteiger partial charge in [-0.1, -0.05) is 60.1 Å². The maximum absolute atomic E-state index is 13.1. The number of rotatable bonds is 6. The fourth-order valence-electron chi connectivity index (χ4n) is 3.53. The van der Waals surface area contributed by atoms with E-state index in [-0.39, 0.29) is 31.4 Å². The molecule has 166 valence electrons. The summed E-state index contributed by atoms with van der Waals surface area (Å²) in [7, 11) is -3.64. The van der Waals surface area contributed by atoms with E-state index in [1.165, 1.54) is 4.31 Å². The molecular formula is C24H23ClN2O4S. The van der Waals surface area contributed by atoms with Crippen molar-refractivity contribution in [2.24, 2.45) is 0 Å². The fraction of sp³-hybridized carbons (Fsp3) is 0.208. The Morgan fingerprint density at radius 3 is 2.56 bits per heavy atom. The lowest BCUT2D eigenvalue weighted by atomic mass is 10.1. The normalized spacial score (nSPS) is 14.2. The van der Waals surface area contributed by atoms with E-state index >= 15 is 0 Å². The zero-order valence-electron chi connectivity index (χ0n) is 17.3. The molecule has 0 fully saturated rings. The first-order valence-corrected chi connectivity index (χ1v) is 12.2. The van der Waals surface area contributed by atoms with Gasteiger partial charge in [0.25, 0.3) is 5.91 Å². The number of hydrogen-bond donors (Lipinski definition) is 1. The number of carbonyl (C=O) groups is 1. The van der Waals surface area contributed by atoms with Crippen molar-refractivity contribution in [1.82, 2.24) is 9.62 Å². The lowest BCUT2D eigenvalue weighted by molar-refractivity contribution is 0.0950. The number of sulfonamides is 1. The Hall–Kier alpha value is -2.87.